The summed E-state index contributed by atoms with van der Waals surface area (Å²) in [5, 5.41) is 0. The van der Waals surface area contributed by atoms with Gasteiger partial charge in [0, 0.05) is 0 Å². The van der Waals surface area contributed by atoms with Crippen LogP contribution in [0.1, 0.15) is 13.8 Å². The number of fused-ring (bicyclic) bond motifs is 1. The smallest absolute Gasteiger partial charge is 0.187 e. The molecular formula is C10H12Br2O2S. The summed E-state index contributed by atoms with van der Waals surface area (Å²) in [5.74, 6) is 2.71. The van der Waals surface area contributed by atoms with Crippen molar-refractivity contribution in [3.8, 4) is 11.5 Å². The molecule has 0 saturated heterocycles. The lowest BCUT2D eigenvalue weighted by Crippen LogP contribution is -2.24. The van der Waals surface area contributed by atoms with Gasteiger partial charge in [0.25, 0.3) is 0 Å². The summed E-state index contributed by atoms with van der Waals surface area (Å²) in [6.07, 6.45) is 0. The average molecular weight is 356 g/mol. The molecule has 1 aromatic rings. The molecule has 15 heavy (non-hydrogen) atoms. The molecule has 2 nitrogen and oxygen atoms in total. The molecule has 1 aromatic heterocycles. The Morgan fingerprint density at radius 2 is 1.40 bits per heavy atom. The van der Waals surface area contributed by atoms with Gasteiger partial charge in [0.2, 0.25) is 0 Å². The molecule has 2 unspecified atom stereocenters. The summed E-state index contributed by atoms with van der Waals surface area (Å²) in [7, 11) is 0. The fourth-order valence-corrected chi connectivity index (χ4v) is 4.21. The first kappa shape index (κ1) is 11.7. The van der Waals surface area contributed by atoms with E-state index in [0.717, 1.165) is 32.3 Å². The van der Waals surface area contributed by atoms with Gasteiger partial charge in [-0.2, -0.15) is 0 Å². The van der Waals surface area contributed by atoms with Crippen LogP contribution in [0.25, 0.3) is 0 Å². The topological polar surface area (TPSA) is 18.5 Å². The van der Waals surface area contributed by atoms with Gasteiger partial charge in [-0.25, -0.2) is 0 Å². The lowest BCUT2D eigenvalue weighted by atomic mass is 9.98. The Labute approximate surface area is 110 Å². The van der Waals surface area contributed by atoms with Crippen LogP contribution in [0, 0.1) is 11.8 Å². The summed E-state index contributed by atoms with van der Waals surface area (Å²) in [6.45, 7) is 5.88. The van der Waals surface area contributed by atoms with Crippen molar-refractivity contribution in [1.82, 2.24) is 0 Å². The number of halogens is 2. The maximum absolute atomic E-state index is 5.77. The number of thiophene rings is 1. The zero-order valence-electron chi connectivity index (χ0n) is 8.55. The van der Waals surface area contributed by atoms with Gasteiger partial charge in [-0.05, 0) is 43.7 Å². The third-order valence-corrected chi connectivity index (χ3v) is 5.12. The zero-order valence-corrected chi connectivity index (χ0v) is 12.5. The average Bonchev–Trinajstić information content (AvgIpc) is 2.44. The van der Waals surface area contributed by atoms with Crippen LogP contribution in [-0.2, 0) is 0 Å². The summed E-state index contributed by atoms with van der Waals surface area (Å²) in [5.41, 5.74) is 0. The standard InChI is InChI=1S/C10H12Br2O2S/c1-5-3-13-7-8(14-4-6(5)2)10(12)15-9(7)11/h5-6H,3-4H2,1-2H3. The van der Waals surface area contributed by atoms with E-state index in [1.165, 1.54) is 0 Å². The van der Waals surface area contributed by atoms with Crippen molar-refractivity contribution in [2.24, 2.45) is 11.8 Å². The van der Waals surface area contributed by atoms with Crippen molar-refractivity contribution in [3.63, 3.8) is 0 Å². The van der Waals surface area contributed by atoms with Crippen LogP contribution in [0.5, 0.6) is 11.5 Å². The van der Waals surface area contributed by atoms with E-state index in [0.29, 0.717) is 11.8 Å². The normalized spacial score (nSPS) is 25.9. The quantitative estimate of drug-likeness (QED) is 0.690. The predicted octanol–water partition coefficient (Wildman–Crippen LogP) is 4.32. The number of rotatable bonds is 0. The molecule has 0 aromatic carbocycles. The Kier molecular flexibility index (Phi) is 3.63. The fraction of sp³-hybridized carbons (Fsp3) is 0.600. The molecule has 84 valence electrons. The first-order valence-corrected chi connectivity index (χ1v) is 7.23. The second-order valence-electron chi connectivity index (χ2n) is 3.88. The Bertz CT molecular complexity index is 332. The van der Waals surface area contributed by atoms with Crippen molar-refractivity contribution < 1.29 is 9.47 Å². The Morgan fingerprint density at radius 1 is 1.00 bits per heavy atom. The first-order valence-electron chi connectivity index (χ1n) is 4.83. The molecule has 0 fully saturated rings. The van der Waals surface area contributed by atoms with Gasteiger partial charge in [0.1, 0.15) is 7.57 Å². The van der Waals surface area contributed by atoms with E-state index in [1.54, 1.807) is 11.3 Å². The van der Waals surface area contributed by atoms with E-state index in [2.05, 4.69) is 45.7 Å². The van der Waals surface area contributed by atoms with Crippen LogP contribution in [0.2, 0.25) is 0 Å². The van der Waals surface area contributed by atoms with E-state index in [4.69, 9.17) is 9.47 Å². The van der Waals surface area contributed by atoms with Crippen molar-refractivity contribution >= 4 is 43.2 Å². The minimum absolute atomic E-state index is 0.517. The van der Waals surface area contributed by atoms with Crippen LogP contribution >= 0.6 is 43.2 Å². The van der Waals surface area contributed by atoms with E-state index in [-0.39, 0.29) is 0 Å². The molecule has 1 aliphatic heterocycles. The third-order valence-electron chi connectivity index (χ3n) is 2.70. The predicted molar refractivity (Wildman–Crippen MR) is 69.0 cm³/mol. The lowest BCUT2D eigenvalue weighted by molar-refractivity contribution is 0.134. The highest BCUT2D eigenvalue weighted by atomic mass is 79.9. The summed E-state index contributed by atoms with van der Waals surface area (Å²) in [6, 6.07) is 0. The molecule has 2 rings (SSSR count). The second kappa shape index (κ2) is 4.63. The monoisotopic (exact) mass is 354 g/mol. The van der Waals surface area contributed by atoms with E-state index < -0.39 is 0 Å². The molecular weight excluding hydrogens is 344 g/mol. The molecule has 0 N–H and O–H groups in total. The lowest BCUT2D eigenvalue weighted by Gasteiger charge is -2.24. The molecule has 0 saturated carbocycles. The van der Waals surface area contributed by atoms with Crippen molar-refractivity contribution in [3.05, 3.63) is 7.57 Å². The maximum atomic E-state index is 5.77. The summed E-state index contributed by atoms with van der Waals surface area (Å²) in [4.78, 5) is 0. The van der Waals surface area contributed by atoms with Crippen LogP contribution < -0.4 is 9.47 Å². The van der Waals surface area contributed by atoms with Gasteiger partial charge in [0.15, 0.2) is 11.5 Å². The second-order valence-corrected chi connectivity index (χ2v) is 7.54. The molecule has 2 heterocycles. The minimum Gasteiger partial charge on any atom is -0.487 e. The molecule has 0 bridgehead atoms. The first-order chi connectivity index (χ1) is 7.09. The Hall–Kier alpha value is 0.260. The molecule has 5 heteroatoms. The van der Waals surface area contributed by atoms with Crippen LogP contribution in [0.4, 0.5) is 0 Å². The van der Waals surface area contributed by atoms with Crippen LogP contribution in [-0.4, -0.2) is 13.2 Å². The SMILES string of the molecule is CC1COc2c(Br)sc(Br)c2OCC1C. The van der Waals surface area contributed by atoms with Crippen molar-refractivity contribution in [1.29, 1.82) is 0 Å². The molecule has 0 spiro atoms. The van der Waals surface area contributed by atoms with Gasteiger partial charge in [0.05, 0.1) is 13.2 Å². The molecule has 0 radical (unpaired) electrons. The van der Waals surface area contributed by atoms with Gasteiger partial charge in [-0.3, -0.25) is 0 Å². The molecule has 0 aliphatic carbocycles. The highest BCUT2D eigenvalue weighted by Gasteiger charge is 2.24. The largest absolute Gasteiger partial charge is 0.487 e. The van der Waals surface area contributed by atoms with Gasteiger partial charge < -0.3 is 9.47 Å². The van der Waals surface area contributed by atoms with Crippen LogP contribution in [0.15, 0.2) is 7.57 Å². The number of hydrogen-bond donors (Lipinski definition) is 0. The maximum Gasteiger partial charge on any atom is 0.187 e. The zero-order chi connectivity index (χ0) is 11.0. The third kappa shape index (κ3) is 2.34. The number of ether oxygens (including phenoxy) is 2. The summed E-state index contributed by atoms with van der Waals surface area (Å²) < 4.78 is 13.5. The Morgan fingerprint density at radius 3 is 1.80 bits per heavy atom. The molecule has 0 amide bonds. The van der Waals surface area contributed by atoms with Crippen molar-refractivity contribution in [2.45, 2.75) is 13.8 Å². The van der Waals surface area contributed by atoms with Gasteiger partial charge >= 0.3 is 0 Å². The van der Waals surface area contributed by atoms with E-state index in [9.17, 15) is 0 Å². The van der Waals surface area contributed by atoms with Crippen molar-refractivity contribution in [2.75, 3.05) is 13.2 Å². The highest BCUT2D eigenvalue weighted by molar-refractivity contribution is 9.12. The van der Waals surface area contributed by atoms with Crippen LogP contribution in [0.3, 0.4) is 0 Å². The van der Waals surface area contributed by atoms with E-state index in [1.807, 2.05) is 0 Å². The molecule has 2 atom stereocenters. The van der Waals surface area contributed by atoms with E-state index >= 15 is 0 Å². The van der Waals surface area contributed by atoms with Gasteiger partial charge in [-0.15, -0.1) is 11.3 Å². The number of hydrogen-bond acceptors (Lipinski definition) is 3. The minimum atomic E-state index is 0.517. The van der Waals surface area contributed by atoms with Gasteiger partial charge in [-0.1, -0.05) is 13.8 Å². The fourth-order valence-electron chi connectivity index (χ4n) is 1.35. The highest BCUT2D eigenvalue weighted by Crippen LogP contribution is 2.49. The summed E-state index contributed by atoms with van der Waals surface area (Å²) >= 11 is 8.55. The Balaban J connectivity index is 2.30. The molecule has 1 aliphatic rings.